The summed E-state index contributed by atoms with van der Waals surface area (Å²) in [4.78, 5) is 18.8. The van der Waals surface area contributed by atoms with Gasteiger partial charge in [0.15, 0.2) is 0 Å². The van der Waals surface area contributed by atoms with Crippen LogP contribution in [0, 0.1) is 5.82 Å². The number of H-pyrrole nitrogens is 1. The number of carbonyl (C=O) groups excluding carboxylic acids is 1. The van der Waals surface area contributed by atoms with Gasteiger partial charge >= 0.3 is 0 Å². The van der Waals surface area contributed by atoms with Crippen LogP contribution in [0.5, 0.6) is 0 Å². The molecule has 1 aliphatic heterocycles. The zero-order valence-corrected chi connectivity index (χ0v) is 24.8. The lowest BCUT2D eigenvalue weighted by molar-refractivity contribution is -0.121. The number of benzene rings is 5. The molecule has 1 N–H and O–H groups in total. The number of hydrazone groups is 1. The first-order chi connectivity index (χ1) is 21.5. The number of aromatic amines is 1. The van der Waals surface area contributed by atoms with E-state index in [-0.39, 0.29) is 24.1 Å². The molecule has 1 atom stereocenters. The average molecular weight is 598 g/mol. The number of hydrogen-bond acceptors (Lipinski definition) is 2. The third kappa shape index (κ3) is 4.61. The van der Waals surface area contributed by atoms with E-state index in [0.29, 0.717) is 22.0 Å². The van der Waals surface area contributed by atoms with E-state index in [1.807, 2.05) is 91.9 Å². The van der Waals surface area contributed by atoms with Crippen LogP contribution in [0.3, 0.4) is 0 Å². The van der Waals surface area contributed by atoms with Crippen molar-refractivity contribution in [2.45, 2.75) is 24.7 Å². The smallest absolute Gasteiger partial charge is 0.264 e. The molecule has 0 aliphatic carbocycles. The lowest BCUT2D eigenvalue weighted by Gasteiger charge is -2.32. The Morgan fingerprint density at radius 1 is 0.818 bits per heavy atom. The molecule has 0 fully saturated rings. The van der Waals surface area contributed by atoms with Crippen LogP contribution in [0.25, 0.3) is 10.9 Å². The van der Waals surface area contributed by atoms with Gasteiger partial charge in [0.05, 0.1) is 11.4 Å². The molecule has 0 saturated heterocycles. The van der Waals surface area contributed by atoms with Crippen molar-refractivity contribution in [2.24, 2.45) is 5.10 Å². The van der Waals surface area contributed by atoms with Gasteiger partial charge < -0.3 is 4.98 Å². The van der Waals surface area contributed by atoms with E-state index in [9.17, 15) is 0 Å². The SMILES string of the molecule is CC1=NN(c2ccccc2)C(=O)[C@@]1(Cc1ccccc1F)c1c(C(c2ccccc2)c2ccccc2)[nH]c2cc(Cl)ccc12. The second-order valence-electron chi connectivity index (χ2n) is 11.2. The Hall–Kier alpha value is -5.00. The summed E-state index contributed by atoms with van der Waals surface area (Å²) in [6.07, 6.45) is 0.0933. The molecule has 7 rings (SSSR count). The molecular weight excluding hydrogens is 569 g/mol. The van der Waals surface area contributed by atoms with E-state index < -0.39 is 5.41 Å². The molecule has 216 valence electrons. The molecule has 0 saturated carbocycles. The summed E-state index contributed by atoms with van der Waals surface area (Å²) < 4.78 is 15.5. The van der Waals surface area contributed by atoms with Crippen LogP contribution >= 0.6 is 11.6 Å². The van der Waals surface area contributed by atoms with Gasteiger partial charge in [0.1, 0.15) is 11.2 Å². The number of para-hydroxylation sites is 1. The fraction of sp³-hybridized carbons (Fsp3) is 0.105. The van der Waals surface area contributed by atoms with Crippen molar-refractivity contribution in [1.82, 2.24) is 4.98 Å². The van der Waals surface area contributed by atoms with Crippen LogP contribution in [-0.2, 0) is 16.6 Å². The predicted molar refractivity (Wildman–Crippen MR) is 176 cm³/mol. The number of amides is 1. The van der Waals surface area contributed by atoms with Crippen molar-refractivity contribution in [3.8, 4) is 0 Å². The third-order valence-corrected chi connectivity index (χ3v) is 8.85. The van der Waals surface area contributed by atoms with Gasteiger partial charge in [0.25, 0.3) is 5.91 Å². The van der Waals surface area contributed by atoms with Crippen LogP contribution < -0.4 is 5.01 Å². The molecule has 44 heavy (non-hydrogen) atoms. The molecule has 1 aliphatic rings. The Bertz CT molecular complexity index is 1970. The van der Waals surface area contributed by atoms with Crippen molar-refractivity contribution in [3.05, 3.63) is 172 Å². The van der Waals surface area contributed by atoms with Gasteiger partial charge in [-0.2, -0.15) is 10.1 Å². The number of nitrogens with zero attached hydrogens (tertiary/aromatic N) is 2. The van der Waals surface area contributed by atoms with Crippen LogP contribution in [-0.4, -0.2) is 16.6 Å². The van der Waals surface area contributed by atoms with Crippen LogP contribution in [0.1, 0.15) is 40.8 Å². The molecule has 0 unspecified atom stereocenters. The highest BCUT2D eigenvalue weighted by molar-refractivity contribution is 6.31. The number of aromatic nitrogens is 1. The van der Waals surface area contributed by atoms with Gasteiger partial charge in [-0.1, -0.05) is 115 Å². The van der Waals surface area contributed by atoms with Crippen molar-refractivity contribution < 1.29 is 9.18 Å². The monoisotopic (exact) mass is 597 g/mol. The summed E-state index contributed by atoms with van der Waals surface area (Å²) in [5, 5.41) is 7.77. The normalized spacial score (nSPS) is 16.6. The molecule has 6 heteroatoms. The topological polar surface area (TPSA) is 48.5 Å². The second-order valence-corrected chi connectivity index (χ2v) is 11.6. The molecule has 1 aromatic heterocycles. The quantitative estimate of drug-likeness (QED) is 0.196. The van der Waals surface area contributed by atoms with E-state index >= 15 is 9.18 Å². The molecule has 5 aromatic carbocycles. The van der Waals surface area contributed by atoms with Crippen LogP contribution in [0.15, 0.2) is 139 Å². The molecule has 0 radical (unpaired) electrons. The van der Waals surface area contributed by atoms with Crippen molar-refractivity contribution in [2.75, 3.05) is 5.01 Å². The minimum absolute atomic E-state index is 0.0933. The van der Waals surface area contributed by atoms with Gasteiger partial charge in [-0.05, 0) is 60.4 Å². The summed E-state index contributed by atoms with van der Waals surface area (Å²) in [6.45, 7) is 1.88. The number of hydrogen-bond donors (Lipinski definition) is 1. The highest BCUT2D eigenvalue weighted by Gasteiger charge is 2.54. The summed E-state index contributed by atoms with van der Waals surface area (Å²) in [5.74, 6) is -0.860. The maximum absolute atomic E-state index is 15.5. The first-order valence-electron chi connectivity index (χ1n) is 14.6. The minimum atomic E-state index is -1.32. The Labute approximate surface area is 260 Å². The summed E-state index contributed by atoms with van der Waals surface area (Å²) in [7, 11) is 0. The van der Waals surface area contributed by atoms with Gasteiger partial charge in [0.2, 0.25) is 0 Å². The highest BCUT2D eigenvalue weighted by Crippen LogP contribution is 2.48. The number of nitrogens with one attached hydrogen (secondary N) is 1. The summed E-state index contributed by atoms with van der Waals surface area (Å²) in [6, 6.07) is 42.2. The number of rotatable bonds is 7. The number of anilines is 1. The molecule has 4 nitrogen and oxygen atoms in total. The predicted octanol–water partition coefficient (Wildman–Crippen LogP) is 9.04. The van der Waals surface area contributed by atoms with Crippen molar-refractivity contribution in [1.29, 1.82) is 0 Å². The zero-order chi connectivity index (χ0) is 30.3. The molecule has 0 spiro atoms. The maximum Gasteiger partial charge on any atom is 0.264 e. The van der Waals surface area contributed by atoms with Gasteiger partial charge in [-0.15, -0.1) is 0 Å². The van der Waals surface area contributed by atoms with Gasteiger partial charge in [-0.3, -0.25) is 4.79 Å². The number of halogens is 2. The molecule has 1 amide bonds. The number of carbonyl (C=O) groups is 1. The van der Waals surface area contributed by atoms with Crippen LogP contribution in [0.4, 0.5) is 10.1 Å². The minimum Gasteiger partial charge on any atom is -0.357 e. The van der Waals surface area contributed by atoms with E-state index in [2.05, 4.69) is 29.2 Å². The zero-order valence-electron chi connectivity index (χ0n) is 24.0. The molecule has 2 heterocycles. The Morgan fingerprint density at radius 3 is 2.05 bits per heavy atom. The number of fused-ring (bicyclic) bond motifs is 1. The van der Waals surface area contributed by atoms with Crippen LogP contribution in [0.2, 0.25) is 5.02 Å². The molecule has 6 aromatic rings. The van der Waals surface area contributed by atoms with E-state index in [4.69, 9.17) is 16.7 Å². The highest BCUT2D eigenvalue weighted by atomic mass is 35.5. The van der Waals surface area contributed by atoms with Gasteiger partial charge in [0, 0.05) is 33.1 Å². The fourth-order valence-electron chi connectivity index (χ4n) is 6.55. The fourth-order valence-corrected chi connectivity index (χ4v) is 6.72. The average Bonchev–Trinajstić information content (AvgIpc) is 3.54. The second kappa shape index (κ2) is 11.3. The molecular formula is C38H29ClFN3O. The Morgan fingerprint density at radius 2 is 1.41 bits per heavy atom. The first-order valence-corrected chi connectivity index (χ1v) is 15.0. The Kier molecular flexibility index (Phi) is 7.11. The van der Waals surface area contributed by atoms with E-state index in [1.54, 1.807) is 18.2 Å². The van der Waals surface area contributed by atoms with E-state index in [0.717, 1.165) is 33.3 Å². The maximum atomic E-state index is 15.5. The van der Waals surface area contributed by atoms with Crippen molar-refractivity contribution >= 4 is 39.8 Å². The van der Waals surface area contributed by atoms with Gasteiger partial charge in [-0.25, -0.2) is 4.39 Å². The standard InChI is InChI=1S/C38H29ClFN3O/c1-25-38(24-28-17-11-12-20-32(28)40,37(44)43(42-25)30-18-9-4-10-19-30)35-31-22-21-29(39)23-33(31)41-36(35)34(26-13-5-2-6-14-26)27-15-7-3-8-16-27/h2-23,34,41H,24H2,1H3/t38-/m1/s1. The Balaban J connectivity index is 1.57. The summed E-state index contributed by atoms with van der Waals surface area (Å²) in [5.41, 5.74) is 4.88. The first kappa shape index (κ1) is 27.8. The lowest BCUT2D eigenvalue weighted by atomic mass is 9.68. The summed E-state index contributed by atoms with van der Waals surface area (Å²) >= 11 is 6.53. The third-order valence-electron chi connectivity index (χ3n) is 8.61. The lowest BCUT2D eigenvalue weighted by Crippen LogP contribution is -2.46. The largest absolute Gasteiger partial charge is 0.357 e. The molecule has 0 bridgehead atoms. The van der Waals surface area contributed by atoms with Crippen molar-refractivity contribution in [3.63, 3.8) is 0 Å². The van der Waals surface area contributed by atoms with E-state index in [1.165, 1.54) is 11.1 Å².